The van der Waals surface area contributed by atoms with Gasteiger partial charge >= 0.3 is 0 Å². The van der Waals surface area contributed by atoms with Gasteiger partial charge in [-0.1, -0.05) is 36.6 Å². The zero-order chi connectivity index (χ0) is 16.2. The summed E-state index contributed by atoms with van der Waals surface area (Å²) < 4.78 is 1.32. The summed E-state index contributed by atoms with van der Waals surface area (Å²) >= 11 is 5.85. The summed E-state index contributed by atoms with van der Waals surface area (Å²) in [6.07, 6.45) is 5.77. The molecule has 0 spiro atoms. The van der Waals surface area contributed by atoms with Crippen molar-refractivity contribution in [1.82, 2.24) is 14.9 Å². The van der Waals surface area contributed by atoms with Gasteiger partial charge in [-0.05, 0) is 25.0 Å². The molecule has 23 heavy (non-hydrogen) atoms. The van der Waals surface area contributed by atoms with E-state index >= 15 is 0 Å². The normalized spacial score (nSPS) is 14.8. The monoisotopic (exact) mass is 331 g/mol. The fourth-order valence-corrected chi connectivity index (χ4v) is 2.95. The molecular weight excluding hydrogens is 314 g/mol. The highest BCUT2D eigenvalue weighted by Gasteiger charge is 2.17. The van der Waals surface area contributed by atoms with Gasteiger partial charge in [0.2, 0.25) is 5.91 Å². The van der Waals surface area contributed by atoms with Gasteiger partial charge in [-0.2, -0.15) is 0 Å². The molecule has 1 fully saturated rings. The van der Waals surface area contributed by atoms with Crippen LogP contribution in [-0.2, 0) is 11.3 Å². The number of nitrogens with zero attached hydrogens (tertiary/aromatic N) is 2. The number of carbonyl (C=O) groups excluding carboxylic acids is 1. The van der Waals surface area contributed by atoms with E-state index in [0.717, 1.165) is 31.2 Å². The first-order chi connectivity index (χ1) is 11.1. The summed E-state index contributed by atoms with van der Waals surface area (Å²) in [5.41, 5.74) is 1.14. The molecule has 3 rings (SSSR count). The predicted molar refractivity (Wildman–Crippen MR) is 89.3 cm³/mol. The number of rotatable bonds is 4. The van der Waals surface area contributed by atoms with Crippen molar-refractivity contribution in [3.8, 4) is 11.3 Å². The largest absolute Gasteiger partial charge is 0.352 e. The Kier molecular flexibility index (Phi) is 4.76. The lowest BCUT2D eigenvalue weighted by atomic mass is 10.1. The minimum absolute atomic E-state index is 0.00321. The van der Waals surface area contributed by atoms with Crippen LogP contribution in [0.5, 0.6) is 0 Å². The molecule has 1 aliphatic carbocycles. The molecule has 1 heterocycles. The molecule has 0 radical (unpaired) electrons. The van der Waals surface area contributed by atoms with Crippen molar-refractivity contribution < 1.29 is 4.79 Å². The number of amides is 1. The Hall–Kier alpha value is -2.14. The molecule has 1 amide bonds. The summed E-state index contributed by atoms with van der Waals surface area (Å²) in [5.74, 6) is -0.139. The van der Waals surface area contributed by atoms with E-state index in [-0.39, 0.29) is 24.1 Å². The second kappa shape index (κ2) is 6.96. The lowest BCUT2D eigenvalue weighted by Crippen LogP contribution is -2.37. The van der Waals surface area contributed by atoms with Crippen molar-refractivity contribution in [3.63, 3.8) is 0 Å². The highest BCUT2D eigenvalue weighted by Crippen LogP contribution is 2.18. The molecule has 1 aliphatic rings. The van der Waals surface area contributed by atoms with E-state index in [2.05, 4.69) is 10.3 Å². The van der Waals surface area contributed by atoms with Gasteiger partial charge in [0, 0.05) is 22.7 Å². The minimum atomic E-state index is -0.244. The zero-order valence-corrected chi connectivity index (χ0v) is 13.4. The van der Waals surface area contributed by atoms with Crippen LogP contribution in [0.2, 0.25) is 5.02 Å². The van der Waals surface area contributed by atoms with Crippen molar-refractivity contribution in [2.24, 2.45) is 0 Å². The van der Waals surface area contributed by atoms with Crippen LogP contribution in [0, 0.1) is 0 Å². The number of aromatic nitrogens is 2. The van der Waals surface area contributed by atoms with Crippen LogP contribution in [0.1, 0.15) is 25.7 Å². The molecule has 6 heteroatoms. The van der Waals surface area contributed by atoms with Crippen LogP contribution in [0.3, 0.4) is 0 Å². The van der Waals surface area contributed by atoms with E-state index in [9.17, 15) is 9.59 Å². The first-order valence-corrected chi connectivity index (χ1v) is 8.11. The number of hydrogen-bond donors (Lipinski definition) is 1. The maximum absolute atomic E-state index is 12.2. The summed E-state index contributed by atoms with van der Waals surface area (Å²) in [5, 5.41) is 3.60. The predicted octanol–water partition coefficient (Wildman–Crippen LogP) is 2.62. The van der Waals surface area contributed by atoms with Crippen molar-refractivity contribution in [2.45, 2.75) is 38.3 Å². The first-order valence-electron chi connectivity index (χ1n) is 7.73. The smallest absolute Gasteiger partial charge is 0.254 e. The van der Waals surface area contributed by atoms with E-state index in [0.29, 0.717) is 10.7 Å². The van der Waals surface area contributed by atoms with Crippen molar-refractivity contribution >= 4 is 17.5 Å². The Morgan fingerprint density at radius 1 is 1.26 bits per heavy atom. The topological polar surface area (TPSA) is 64.0 Å². The summed E-state index contributed by atoms with van der Waals surface area (Å²) in [6.45, 7) is 0.00321. The standard InChI is InChI=1S/C17H18ClN3O2/c18-13-7-5-12(6-8-13)15-9-17(23)21(11-19-15)10-16(22)20-14-3-1-2-4-14/h5-9,11,14H,1-4,10H2,(H,20,22). The minimum Gasteiger partial charge on any atom is -0.352 e. The van der Waals surface area contributed by atoms with Crippen LogP contribution in [-0.4, -0.2) is 21.5 Å². The van der Waals surface area contributed by atoms with Gasteiger partial charge in [0.15, 0.2) is 0 Å². The van der Waals surface area contributed by atoms with E-state index in [1.54, 1.807) is 24.3 Å². The van der Waals surface area contributed by atoms with Gasteiger partial charge in [0.1, 0.15) is 6.54 Å². The number of nitrogens with one attached hydrogen (secondary N) is 1. The third-order valence-electron chi connectivity index (χ3n) is 4.05. The second-order valence-corrected chi connectivity index (χ2v) is 6.23. The van der Waals surface area contributed by atoms with E-state index in [1.165, 1.54) is 17.0 Å². The van der Waals surface area contributed by atoms with Gasteiger partial charge in [0.25, 0.3) is 5.56 Å². The van der Waals surface area contributed by atoms with Crippen LogP contribution in [0.15, 0.2) is 41.5 Å². The Balaban J connectivity index is 1.70. The summed E-state index contributed by atoms with van der Waals surface area (Å²) in [7, 11) is 0. The highest BCUT2D eigenvalue weighted by atomic mass is 35.5. The van der Waals surface area contributed by atoms with Crippen molar-refractivity contribution in [2.75, 3.05) is 0 Å². The maximum Gasteiger partial charge on any atom is 0.254 e. The van der Waals surface area contributed by atoms with Gasteiger partial charge in [-0.25, -0.2) is 4.98 Å². The second-order valence-electron chi connectivity index (χ2n) is 5.80. The van der Waals surface area contributed by atoms with E-state index < -0.39 is 0 Å². The molecule has 0 bridgehead atoms. The summed E-state index contributed by atoms with van der Waals surface area (Å²) in [4.78, 5) is 28.4. The molecule has 2 aromatic rings. The molecule has 1 aromatic heterocycles. The molecule has 0 saturated heterocycles. The number of carbonyl (C=O) groups is 1. The molecule has 1 saturated carbocycles. The first kappa shape index (κ1) is 15.7. The fraction of sp³-hybridized carbons (Fsp3) is 0.353. The molecule has 0 atom stereocenters. The number of hydrogen-bond acceptors (Lipinski definition) is 3. The number of benzene rings is 1. The van der Waals surface area contributed by atoms with Crippen molar-refractivity contribution in [1.29, 1.82) is 0 Å². The lowest BCUT2D eigenvalue weighted by Gasteiger charge is -2.12. The van der Waals surface area contributed by atoms with Gasteiger partial charge in [-0.15, -0.1) is 0 Å². The molecular formula is C17H18ClN3O2. The van der Waals surface area contributed by atoms with Gasteiger partial charge in [0.05, 0.1) is 12.0 Å². The summed E-state index contributed by atoms with van der Waals surface area (Å²) in [6, 6.07) is 8.80. The lowest BCUT2D eigenvalue weighted by molar-refractivity contribution is -0.122. The third kappa shape index (κ3) is 3.99. The van der Waals surface area contributed by atoms with Gasteiger partial charge < -0.3 is 5.32 Å². The Labute approximate surface area is 139 Å². The average Bonchev–Trinajstić information content (AvgIpc) is 3.03. The van der Waals surface area contributed by atoms with Gasteiger partial charge in [-0.3, -0.25) is 14.2 Å². The molecule has 0 unspecified atom stereocenters. The van der Waals surface area contributed by atoms with E-state index in [4.69, 9.17) is 11.6 Å². The van der Waals surface area contributed by atoms with Crippen LogP contribution in [0.4, 0.5) is 0 Å². The van der Waals surface area contributed by atoms with Crippen LogP contribution in [0.25, 0.3) is 11.3 Å². The fourth-order valence-electron chi connectivity index (χ4n) is 2.82. The Morgan fingerprint density at radius 3 is 2.61 bits per heavy atom. The zero-order valence-electron chi connectivity index (χ0n) is 12.7. The molecule has 5 nitrogen and oxygen atoms in total. The Morgan fingerprint density at radius 2 is 1.96 bits per heavy atom. The molecule has 1 aromatic carbocycles. The molecule has 1 N–H and O–H groups in total. The van der Waals surface area contributed by atoms with E-state index in [1.807, 2.05) is 0 Å². The van der Waals surface area contributed by atoms with Crippen molar-refractivity contribution in [3.05, 3.63) is 52.0 Å². The average molecular weight is 332 g/mol. The van der Waals surface area contributed by atoms with Crippen LogP contribution < -0.4 is 10.9 Å². The number of halogens is 1. The quantitative estimate of drug-likeness (QED) is 0.936. The third-order valence-corrected chi connectivity index (χ3v) is 4.31. The van der Waals surface area contributed by atoms with Crippen LogP contribution >= 0.6 is 11.6 Å². The Bertz CT molecular complexity index is 749. The molecule has 0 aliphatic heterocycles. The highest BCUT2D eigenvalue weighted by molar-refractivity contribution is 6.30. The molecule has 120 valence electrons. The SMILES string of the molecule is O=C(Cn1cnc(-c2ccc(Cl)cc2)cc1=O)NC1CCCC1. The maximum atomic E-state index is 12.2.